The van der Waals surface area contributed by atoms with Crippen LogP contribution < -0.4 is 5.73 Å². The minimum Gasteiger partial charge on any atom is -0.380 e. The van der Waals surface area contributed by atoms with Gasteiger partial charge in [0.05, 0.1) is 12.0 Å². The zero-order valence-electron chi connectivity index (χ0n) is 9.90. The molecular formula is C11H22N2O2. The molecule has 0 aliphatic carbocycles. The molecule has 0 spiro atoms. The van der Waals surface area contributed by atoms with Gasteiger partial charge in [0.2, 0.25) is 5.91 Å². The Kier molecular flexibility index (Phi) is 4.54. The van der Waals surface area contributed by atoms with Crippen LogP contribution in [0, 0.1) is 11.8 Å². The summed E-state index contributed by atoms with van der Waals surface area (Å²) in [7, 11) is 1.70. The molecule has 88 valence electrons. The lowest BCUT2D eigenvalue weighted by Crippen LogP contribution is -2.40. The summed E-state index contributed by atoms with van der Waals surface area (Å²) in [6.45, 7) is 6.04. The molecule has 0 aromatic carbocycles. The van der Waals surface area contributed by atoms with Crippen LogP contribution in [0.4, 0.5) is 0 Å². The third-order valence-electron chi connectivity index (χ3n) is 3.17. The van der Waals surface area contributed by atoms with E-state index in [1.165, 1.54) is 0 Å². The highest BCUT2D eigenvalue weighted by atomic mass is 16.5. The summed E-state index contributed by atoms with van der Waals surface area (Å²) in [4.78, 5) is 14.0. The Balaban J connectivity index is 2.53. The third-order valence-corrected chi connectivity index (χ3v) is 3.17. The van der Waals surface area contributed by atoms with E-state index in [2.05, 4.69) is 0 Å². The van der Waals surface area contributed by atoms with Gasteiger partial charge in [-0.1, -0.05) is 13.8 Å². The lowest BCUT2D eigenvalue weighted by molar-refractivity contribution is -0.135. The number of carbonyl (C=O) groups excluding carboxylic acids is 1. The van der Waals surface area contributed by atoms with Crippen molar-refractivity contribution in [1.82, 2.24) is 4.90 Å². The van der Waals surface area contributed by atoms with Crippen LogP contribution in [0.2, 0.25) is 0 Å². The fourth-order valence-corrected chi connectivity index (χ4v) is 2.01. The fourth-order valence-electron chi connectivity index (χ4n) is 2.01. The molecule has 0 bridgehead atoms. The van der Waals surface area contributed by atoms with Crippen LogP contribution in [-0.4, -0.2) is 43.7 Å². The molecule has 1 aliphatic rings. The maximum Gasteiger partial charge on any atom is 0.227 e. The minimum atomic E-state index is -0.0411. The molecule has 2 atom stereocenters. The third kappa shape index (κ3) is 2.92. The van der Waals surface area contributed by atoms with Crippen molar-refractivity contribution in [1.29, 1.82) is 0 Å². The number of hydrogen-bond donors (Lipinski definition) is 1. The first-order valence-electron chi connectivity index (χ1n) is 5.61. The number of ether oxygens (including phenoxy) is 1. The van der Waals surface area contributed by atoms with Gasteiger partial charge in [-0.05, 0) is 12.3 Å². The van der Waals surface area contributed by atoms with Gasteiger partial charge < -0.3 is 15.4 Å². The normalized spacial score (nSPS) is 23.5. The molecule has 1 saturated heterocycles. The molecule has 0 aromatic rings. The highest BCUT2D eigenvalue weighted by molar-refractivity contribution is 5.79. The van der Waals surface area contributed by atoms with Crippen molar-refractivity contribution >= 4 is 5.91 Å². The molecule has 1 heterocycles. The lowest BCUT2D eigenvalue weighted by atomic mass is 9.94. The van der Waals surface area contributed by atoms with Crippen LogP contribution in [-0.2, 0) is 9.53 Å². The summed E-state index contributed by atoms with van der Waals surface area (Å²) in [6.07, 6.45) is 1.15. The van der Waals surface area contributed by atoms with Crippen LogP contribution >= 0.6 is 0 Å². The summed E-state index contributed by atoms with van der Waals surface area (Å²) in [5.41, 5.74) is 5.63. The molecule has 1 rings (SSSR count). The SMILES string of the molecule is COC1CCN(C(=O)C(CN)C(C)C)C1. The van der Waals surface area contributed by atoms with Crippen LogP contribution in [0.1, 0.15) is 20.3 Å². The van der Waals surface area contributed by atoms with Crippen molar-refractivity contribution in [3.05, 3.63) is 0 Å². The Morgan fingerprint density at radius 3 is 2.67 bits per heavy atom. The molecule has 1 aliphatic heterocycles. The van der Waals surface area contributed by atoms with Gasteiger partial charge in [0.1, 0.15) is 0 Å². The Hall–Kier alpha value is -0.610. The molecular weight excluding hydrogens is 192 g/mol. The van der Waals surface area contributed by atoms with E-state index in [0.29, 0.717) is 12.5 Å². The number of amides is 1. The molecule has 1 amide bonds. The number of hydrogen-bond acceptors (Lipinski definition) is 3. The summed E-state index contributed by atoms with van der Waals surface area (Å²) >= 11 is 0. The van der Waals surface area contributed by atoms with E-state index in [4.69, 9.17) is 10.5 Å². The second-order valence-corrected chi connectivity index (χ2v) is 4.52. The summed E-state index contributed by atoms with van der Waals surface area (Å²) < 4.78 is 5.24. The number of rotatable bonds is 4. The predicted octanol–water partition coefficient (Wildman–Crippen LogP) is 0.465. The Morgan fingerprint density at radius 1 is 1.60 bits per heavy atom. The zero-order valence-corrected chi connectivity index (χ0v) is 9.90. The van der Waals surface area contributed by atoms with Crippen molar-refractivity contribution in [2.45, 2.75) is 26.4 Å². The molecule has 2 unspecified atom stereocenters. The zero-order chi connectivity index (χ0) is 11.4. The highest BCUT2D eigenvalue weighted by Gasteiger charge is 2.31. The maximum absolute atomic E-state index is 12.1. The number of likely N-dealkylation sites (tertiary alicyclic amines) is 1. The first kappa shape index (κ1) is 12.5. The number of carbonyl (C=O) groups is 1. The fraction of sp³-hybridized carbons (Fsp3) is 0.909. The van der Waals surface area contributed by atoms with Crippen LogP contribution in [0.15, 0.2) is 0 Å². The number of nitrogens with two attached hydrogens (primary N) is 1. The predicted molar refractivity (Wildman–Crippen MR) is 59.4 cm³/mol. The highest BCUT2D eigenvalue weighted by Crippen LogP contribution is 2.18. The average Bonchev–Trinajstić information content (AvgIpc) is 2.66. The molecule has 0 saturated carbocycles. The Bertz CT molecular complexity index is 219. The standard InChI is InChI=1S/C11H22N2O2/c1-8(2)10(6-12)11(14)13-5-4-9(7-13)15-3/h8-10H,4-7,12H2,1-3H3. The Labute approximate surface area is 91.8 Å². The second-order valence-electron chi connectivity index (χ2n) is 4.52. The molecule has 0 radical (unpaired) electrons. The molecule has 0 aromatic heterocycles. The largest absolute Gasteiger partial charge is 0.380 e. The van der Waals surface area contributed by atoms with Crippen LogP contribution in [0.5, 0.6) is 0 Å². The molecule has 1 fully saturated rings. The van der Waals surface area contributed by atoms with E-state index < -0.39 is 0 Å². The van der Waals surface area contributed by atoms with E-state index >= 15 is 0 Å². The maximum atomic E-state index is 12.1. The van der Waals surface area contributed by atoms with Crippen molar-refractivity contribution in [3.63, 3.8) is 0 Å². The van der Waals surface area contributed by atoms with Crippen LogP contribution in [0.3, 0.4) is 0 Å². The molecule has 15 heavy (non-hydrogen) atoms. The summed E-state index contributed by atoms with van der Waals surface area (Å²) in [5.74, 6) is 0.455. The van der Waals surface area contributed by atoms with E-state index in [0.717, 1.165) is 19.5 Å². The van der Waals surface area contributed by atoms with Gasteiger partial charge >= 0.3 is 0 Å². The van der Waals surface area contributed by atoms with Gasteiger partial charge in [-0.25, -0.2) is 0 Å². The first-order valence-corrected chi connectivity index (χ1v) is 5.61. The monoisotopic (exact) mass is 214 g/mol. The Morgan fingerprint density at radius 2 is 2.27 bits per heavy atom. The van der Waals surface area contributed by atoms with Gasteiger partial charge in [-0.15, -0.1) is 0 Å². The van der Waals surface area contributed by atoms with Crippen LogP contribution in [0.25, 0.3) is 0 Å². The quantitative estimate of drug-likeness (QED) is 0.740. The number of nitrogens with zero attached hydrogens (tertiary/aromatic N) is 1. The van der Waals surface area contributed by atoms with E-state index in [-0.39, 0.29) is 17.9 Å². The van der Waals surface area contributed by atoms with Crippen molar-refractivity contribution < 1.29 is 9.53 Å². The van der Waals surface area contributed by atoms with E-state index in [9.17, 15) is 4.79 Å². The topological polar surface area (TPSA) is 55.6 Å². The molecule has 2 N–H and O–H groups in total. The number of methoxy groups -OCH3 is 1. The molecule has 4 nitrogen and oxygen atoms in total. The minimum absolute atomic E-state index is 0.0411. The van der Waals surface area contributed by atoms with Gasteiger partial charge in [0, 0.05) is 26.7 Å². The first-order chi connectivity index (χ1) is 7.10. The van der Waals surface area contributed by atoms with Gasteiger partial charge in [0.15, 0.2) is 0 Å². The second kappa shape index (κ2) is 5.47. The van der Waals surface area contributed by atoms with E-state index in [1.807, 2.05) is 18.7 Å². The van der Waals surface area contributed by atoms with Gasteiger partial charge in [-0.3, -0.25) is 4.79 Å². The van der Waals surface area contributed by atoms with Gasteiger partial charge in [0.25, 0.3) is 0 Å². The summed E-state index contributed by atoms with van der Waals surface area (Å²) in [6, 6.07) is 0. The smallest absolute Gasteiger partial charge is 0.227 e. The van der Waals surface area contributed by atoms with E-state index in [1.54, 1.807) is 7.11 Å². The average molecular weight is 214 g/mol. The molecule has 4 heteroatoms. The van der Waals surface area contributed by atoms with Crippen molar-refractivity contribution in [2.75, 3.05) is 26.7 Å². The van der Waals surface area contributed by atoms with Crippen molar-refractivity contribution in [3.8, 4) is 0 Å². The summed E-state index contributed by atoms with van der Waals surface area (Å²) in [5, 5.41) is 0. The van der Waals surface area contributed by atoms with Crippen molar-refractivity contribution in [2.24, 2.45) is 17.6 Å². The lowest BCUT2D eigenvalue weighted by Gasteiger charge is -2.24. The van der Waals surface area contributed by atoms with Gasteiger partial charge in [-0.2, -0.15) is 0 Å².